The van der Waals surface area contributed by atoms with E-state index in [-0.39, 0.29) is 0 Å². The van der Waals surface area contributed by atoms with Crippen LogP contribution in [0.2, 0.25) is 0 Å². The molecule has 0 bridgehead atoms. The molecule has 0 aliphatic carbocycles. The van der Waals surface area contributed by atoms with Gasteiger partial charge in [0.25, 0.3) is 0 Å². The molecule has 1 atom stereocenters. The number of nitrogens with one attached hydrogen (secondary N) is 1. The number of aliphatic carboxylic acids is 1. The maximum absolute atomic E-state index is 11.0. The summed E-state index contributed by atoms with van der Waals surface area (Å²) in [6.07, 6.45) is 4.36. The largest absolute Gasteiger partial charge is 0.480 e. The molecule has 0 radical (unpaired) electrons. The first kappa shape index (κ1) is 14.5. The van der Waals surface area contributed by atoms with E-state index in [9.17, 15) is 4.79 Å². The second kappa shape index (κ2) is 6.98. The van der Waals surface area contributed by atoms with Gasteiger partial charge in [-0.1, -0.05) is 18.2 Å². The fraction of sp³-hybridized carbons (Fsp3) is 0.636. The van der Waals surface area contributed by atoms with Crippen LogP contribution in [0, 0.1) is 0 Å². The van der Waals surface area contributed by atoms with Crippen molar-refractivity contribution in [1.82, 2.24) is 10.3 Å². The lowest BCUT2D eigenvalue weighted by Crippen LogP contribution is -2.47. The Hall–Kier alpha value is -0.590. The molecule has 0 spiro atoms. The number of unbranched alkanes of at least 4 members (excludes halogenated alkanes) is 1. The van der Waals surface area contributed by atoms with E-state index in [1.807, 2.05) is 5.38 Å². The van der Waals surface area contributed by atoms with Crippen LogP contribution in [-0.2, 0) is 4.79 Å². The molecule has 1 rings (SSSR count). The zero-order valence-corrected chi connectivity index (χ0v) is 11.7. The predicted molar refractivity (Wildman–Crippen MR) is 71.8 cm³/mol. The maximum atomic E-state index is 11.0. The minimum absolute atomic E-state index is 0.650. The van der Waals surface area contributed by atoms with Gasteiger partial charge in [0.1, 0.15) is 9.88 Å². The van der Waals surface area contributed by atoms with Gasteiger partial charge in [-0.25, -0.2) is 4.98 Å². The van der Waals surface area contributed by atoms with Gasteiger partial charge in [0.05, 0.1) is 0 Å². The van der Waals surface area contributed by atoms with Crippen molar-refractivity contribution in [3.63, 3.8) is 0 Å². The van der Waals surface area contributed by atoms with Crippen LogP contribution in [0.5, 0.6) is 0 Å². The number of thioether (sulfide) groups is 1. The molecule has 0 saturated heterocycles. The molecular formula is C11H18N2O2S2. The van der Waals surface area contributed by atoms with Gasteiger partial charge in [-0.15, -0.1) is 11.3 Å². The van der Waals surface area contributed by atoms with Gasteiger partial charge in [0, 0.05) is 17.3 Å². The van der Waals surface area contributed by atoms with E-state index in [4.69, 9.17) is 5.11 Å². The number of hydrogen-bond donors (Lipinski definition) is 2. The van der Waals surface area contributed by atoms with E-state index in [0.717, 1.165) is 22.9 Å². The Balaban J connectivity index is 2.17. The number of carboxylic acid groups (broad SMARTS) is 1. The summed E-state index contributed by atoms with van der Waals surface area (Å²) in [5.74, 6) is 0.208. The average Bonchev–Trinajstić information content (AvgIpc) is 2.81. The lowest BCUT2D eigenvalue weighted by molar-refractivity contribution is -0.144. The maximum Gasteiger partial charge on any atom is 0.323 e. The smallest absolute Gasteiger partial charge is 0.323 e. The summed E-state index contributed by atoms with van der Waals surface area (Å²) in [6.45, 7) is 1.73. The summed E-state index contributed by atoms with van der Waals surface area (Å²) >= 11 is 3.37. The van der Waals surface area contributed by atoms with Crippen molar-refractivity contribution in [2.45, 2.75) is 36.1 Å². The fourth-order valence-corrected chi connectivity index (χ4v) is 3.07. The summed E-state index contributed by atoms with van der Waals surface area (Å²) in [5.41, 5.74) is -0.800. The van der Waals surface area contributed by atoms with Gasteiger partial charge in [0.15, 0.2) is 0 Å². The number of aromatic nitrogens is 1. The number of nitrogens with zero attached hydrogens (tertiary/aromatic N) is 1. The number of rotatable bonds is 8. The molecule has 0 aliphatic rings. The van der Waals surface area contributed by atoms with Gasteiger partial charge in [-0.3, -0.25) is 4.79 Å². The van der Waals surface area contributed by atoms with Crippen LogP contribution in [0.4, 0.5) is 0 Å². The Morgan fingerprint density at radius 3 is 2.94 bits per heavy atom. The lowest BCUT2D eigenvalue weighted by atomic mass is 9.95. The topological polar surface area (TPSA) is 62.2 Å². The van der Waals surface area contributed by atoms with Gasteiger partial charge >= 0.3 is 5.97 Å². The first-order valence-electron chi connectivity index (χ1n) is 5.53. The quantitative estimate of drug-likeness (QED) is 0.563. The molecule has 96 valence electrons. The number of likely N-dealkylation sites (N-methyl/N-ethyl adjacent to an activating group) is 1. The van der Waals surface area contributed by atoms with Crippen LogP contribution in [0.3, 0.4) is 0 Å². The van der Waals surface area contributed by atoms with Crippen molar-refractivity contribution >= 4 is 29.1 Å². The highest BCUT2D eigenvalue weighted by molar-refractivity contribution is 8.00. The molecule has 1 unspecified atom stereocenters. The van der Waals surface area contributed by atoms with Crippen molar-refractivity contribution in [2.24, 2.45) is 0 Å². The zero-order valence-electron chi connectivity index (χ0n) is 10.1. The van der Waals surface area contributed by atoms with Gasteiger partial charge < -0.3 is 10.4 Å². The van der Waals surface area contributed by atoms with Crippen LogP contribution in [-0.4, -0.2) is 34.4 Å². The van der Waals surface area contributed by atoms with Crippen molar-refractivity contribution in [3.8, 4) is 0 Å². The average molecular weight is 274 g/mol. The highest BCUT2D eigenvalue weighted by atomic mass is 32.2. The zero-order chi connectivity index (χ0) is 12.7. The van der Waals surface area contributed by atoms with E-state index in [0.29, 0.717) is 6.42 Å². The van der Waals surface area contributed by atoms with E-state index in [1.54, 1.807) is 43.3 Å². The molecule has 4 nitrogen and oxygen atoms in total. The molecule has 0 saturated carbocycles. The van der Waals surface area contributed by atoms with Crippen molar-refractivity contribution in [2.75, 3.05) is 12.8 Å². The third-order valence-electron chi connectivity index (χ3n) is 2.73. The minimum atomic E-state index is -0.800. The standard InChI is InChI=1S/C11H18N2O2S2/c1-11(12-2,9(14)15)5-3-4-7-16-10-13-6-8-17-10/h6,8,12H,3-5,7H2,1-2H3,(H,14,15). The molecule has 0 amide bonds. The minimum Gasteiger partial charge on any atom is -0.480 e. The van der Waals surface area contributed by atoms with Crippen LogP contribution in [0.25, 0.3) is 0 Å². The molecular weight excluding hydrogens is 256 g/mol. The fourth-order valence-electron chi connectivity index (χ4n) is 1.36. The van der Waals surface area contributed by atoms with E-state index < -0.39 is 11.5 Å². The second-order valence-corrected chi connectivity index (χ2v) is 6.23. The third-order valence-corrected chi connectivity index (χ3v) is 4.78. The Bertz CT molecular complexity index is 343. The number of carboxylic acids is 1. The van der Waals surface area contributed by atoms with Gasteiger partial charge in [-0.2, -0.15) is 0 Å². The molecule has 17 heavy (non-hydrogen) atoms. The van der Waals surface area contributed by atoms with Gasteiger partial charge in [0.2, 0.25) is 0 Å². The molecule has 6 heteroatoms. The van der Waals surface area contributed by atoms with Crippen LogP contribution in [0.15, 0.2) is 15.9 Å². The van der Waals surface area contributed by atoms with Crippen LogP contribution in [0.1, 0.15) is 26.2 Å². The van der Waals surface area contributed by atoms with Gasteiger partial charge in [-0.05, 0) is 26.8 Å². The van der Waals surface area contributed by atoms with Crippen LogP contribution >= 0.6 is 23.1 Å². The molecule has 1 heterocycles. The van der Waals surface area contributed by atoms with Crippen molar-refractivity contribution < 1.29 is 9.90 Å². The summed E-state index contributed by atoms with van der Waals surface area (Å²) in [6, 6.07) is 0. The summed E-state index contributed by atoms with van der Waals surface area (Å²) in [4.78, 5) is 15.2. The molecule has 0 fully saturated rings. The molecule has 1 aromatic heterocycles. The summed E-state index contributed by atoms with van der Waals surface area (Å²) < 4.78 is 1.08. The van der Waals surface area contributed by atoms with E-state index >= 15 is 0 Å². The van der Waals surface area contributed by atoms with Crippen molar-refractivity contribution in [3.05, 3.63) is 11.6 Å². The Morgan fingerprint density at radius 2 is 2.41 bits per heavy atom. The number of carbonyl (C=O) groups is 1. The predicted octanol–water partition coefficient (Wildman–Crippen LogP) is 2.47. The number of thiazole rings is 1. The highest BCUT2D eigenvalue weighted by Gasteiger charge is 2.29. The molecule has 0 aromatic carbocycles. The first-order chi connectivity index (χ1) is 8.08. The van der Waals surface area contributed by atoms with Crippen molar-refractivity contribution in [1.29, 1.82) is 0 Å². The molecule has 0 aliphatic heterocycles. The Morgan fingerprint density at radius 1 is 1.65 bits per heavy atom. The van der Waals surface area contributed by atoms with E-state index in [1.165, 1.54) is 0 Å². The summed E-state index contributed by atoms with van der Waals surface area (Å²) in [5, 5.41) is 13.9. The number of hydrogen-bond acceptors (Lipinski definition) is 5. The Kier molecular flexibility index (Phi) is 5.94. The monoisotopic (exact) mass is 274 g/mol. The molecule has 1 aromatic rings. The highest BCUT2D eigenvalue weighted by Crippen LogP contribution is 2.22. The second-order valence-electron chi connectivity index (χ2n) is 3.99. The first-order valence-corrected chi connectivity index (χ1v) is 7.39. The van der Waals surface area contributed by atoms with E-state index in [2.05, 4.69) is 10.3 Å². The molecule has 2 N–H and O–H groups in total. The normalized spacial score (nSPS) is 14.5. The third kappa shape index (κ3) is 4.65. The SMILES string of the molecule is CNC(C)(CCCCSc1nccs1)C(=O)O. The van der Waals surface area contributed by atoms with Crippen LogP contribution < -0.4 is 5.32 Å². The summed E-state index contributed by atoms with van der Waals surface area (Å²) in [7, 11) is 1.69. The lowest BCUT2D eigenvalue weighted by Gasteiger charge is -2.23. The Labute approximate surface area is 110 Å².